The Labute approximate surface area is 142 Å². The van der Waals surface area contributed by atoms with Gasteiger partial charge in [0.05, 0.1) is 18.7 Å². The van der Waals surface area contributed by atoms with E-state index in [1.165, 1.54) is 0 Å². The zero-order valence-electron chi connectivity index (χ0n) is 13.2. The molecule has 1 unspecified atom stereocenters. The zero-order chi connectivity index (χ0) is 17.1. The zero-order valence-corrected chi connectivity index (χ0v) is 14.0. The highest BCUT2D eigenvalue weighted by Crippen LogP contribution is 2.21. The SMILES string of the molecule is Cc1cnn(Cc2cc(C(=O)N3CCSCC3CC(=O)O)no2)c1. The van der Waals surface area contributed by atoms with Crippen molar-refractivity contribution in [1.29, 1.82) is 0 Å². The molecule has 3 heterocycles. The number of amides is 1. The van der Waals surface area contributed by atoms with Gasteiger partial charge in [0.25, 0.3) is 5.91 Å². The maximum absolute atomic E-state index is 12.6. The quantitative estimate of drug-likeness (QED) is 0.866. The summed E-state index contributed by atoms with van der Waals surface area (Å²) in [6.07, 6.45) is 3.55. The van der Waals surface area contributed by atoms with Crippen LogP contribution in [0.5, 0.6) is 0 Å². The molecule has 0 saturated carbocycles. The molecule has 9 heteroatoms. The molecule has 2 aromatic rings. The summed E-state index contributed by atoms with van der Waals surface area (Å²) in [7, 11) is 0. The predicted octanol–water partition coefficient (Wildman–Crippen LogP) is 1.26. The lowest BCUT2D eigenvalue weighted by molar-refractivity contribution is -0.138. The minimum atomic E-state index is -0.907. The maximum Gasteiger partial charge on any atom is 0.305 e. The van der Waals surface area contributed by atoms with E-state index < -0.39 is 5.97 Å². The van der Waals surface area contributed by atoms with Crippen molar-refractivity contribution in [1.82, 2.24) is 19.8 Å². The molecular formula is C15H18N4O4S. The topological polar surface area (TPSA) is 101 Å². The van der Waals surface area contributed by atoms with E-state index >= 15 is 0 Å². The Morgan fingerprint density at radius 1 is 1.50 bits per heavy atom. The Balaban J connectivity index is 1.71. The number of thioether (sulfide) groups is 1. The molecule has 1 aliphatic heterocycles. The number of carboxylic acids is 1. The normalized spacial score (nSPS) is 17.9. The monoisotopic (exact) mass is 350 g/mol. The number of nitrogens with zero attached hydrogens (tertiary/aromatic N) is 4. The molecule has 1 amide bonds. The van der Waals surface area contributed by atoms with E-state index in [0.717, 1.165) is 11.3 Å². The average molecular weight is 350 g/mol. The standard InChI is InChI=1S/C15H18N4O4S/c1-10-6-16-18(7-10)8-12-5-13(17-23-12)15(22)19-2-3-24-9-11(19)4-14(20)21/h5-7,11H,2-4,8-9H2,1H3,(H,20,21). The molecule has 1 fully saturated rings. The van der Waals surface area contributed by atoms with Gasteiger partial charge in [0.1, 0.15) is 6.54 Å². The molecule has 0 radical (unpaired) electrons. The highest BCUT2D eigenvalue weighted by Gasteiger charge is 2.31. The summed E-state index contributed by atoms with van der Waals surface area (Å²) in [6.45, 7) is 2.85. The fraction of sp³-hybridized carbons (Fsp3) is 0.467. The van der Waals surface area contributed by atoms with Gasteiger partial charge in [0, 0.05) is 30.3 Å². The minimum Gasteiger partial charge on any atom is -0.481 e. The number of hydrogen-bond acceptors (Lipinski definition) is 6. The predicted molar refractivity (Wildman–Crippen MR) is 87.0 cm³/mol. The number of aliphatic carboxylic acids is 1. The first-order valence-electron chi connectivity index (χ1n) is 7.58. The van der Waals surface area contributed by atoms with Crippen LogP contribution >= 0.6 is 11.8 Å². The Hall–Kier alpha value is -2.29. The fourth-order valence-electron chi connectivity index (χ4n) is 2.64. The van der Waals surface area contributed by atoms with E-state index in [4.69, 9.17) is 9.63 Å². The van der Waals surface area contributed by atoms with Gasteiger partial charge in [-0.3, -0.25) is 14.3 Å². The van der Waals surface area contributed by atoms with Crippen molar-refractivity contribution in [2.75, 3.05) is 18.1 Å². The van der Waals surface area contributed by atoms with Crippen molar-refractivity contribution in [3.05, 3.63) is 35.5 Å². The first-order chi connectivity index (χ1) is 11.5. The Bertz CT molecular complexity index is 741. The summed E-state index contributed by atoms with van der Waals surface area (Å²) < 4.78 is 6.93. The summed E-state index contributed by atoms with van der Waals surface area (Å²) in [6, 6.07) is 1.28. The van der Waals surface area contributed by atoms with Crippen molar-refractivity contribution in [2.24, 2.45) is 0 Å². The highest BCUT2D eigenvalue weighted by molar-refractivity contribution is 7.99. The Morgan fingerprint density at radius 2 is 2.33 bits per heavy atom. The van der Waals surface area contributed by atoms with Crippen LogP contribution in [0.1, 0.15) is 28.2 Å². The third kappa shape index (κ3) is 3.78. The lowest BCUT2D eigenvalue weighted by atomic mass is 10.1. The van der Waals surface area contributed by atoms with E-state index in [1.807, 2.05) is 13.1 Å². The maximum atomic E-state index is 12.6. The van der Waals surface area contributed by atoms with Gasteiger partial charge in [-0.25, -0.2) is 0 Å². The van der Waals surface area contributed by atoms with Crippen LogP contribution in [0.15, 0.2) is 23.0 Å². The number of carboxylic acid groups (broad SMARTS) is 1. The highest BCUT2D eigenvalue weighted by atomic mass is 32.2. The molecule has 1 aliphatic rings. The molecule has 24 heavy (non-hydrogen) atoms. The van der Waals surface area contributed by atoms with Crippen molar-refractivity contribution in [3.8, 4) is 0 Å². The van der Waals surface area contributed by atoms with Gasteiger partial charge in [-0.2, -0.15) is 16.9 Å². The molecule has 0 spiro atoms. The molecule has 1 atom stereocenters. The molecule has 3 rings (SSSR count). The van der Waals surface area contributed by atoms with Gasteiger partial charge in [-0.1, -0.05) is 5.16 Å². The van der Waals surface area contributed by atoms with Crippen molar-refractivity contribution in [3.63, 3.8) is 0 Å². The largest absolute Gasteiger partial charge is 0.481 e. The molecule has 8 nitrogen and oxygen atoms in total. The molecule has 1 N–H and O–H groups in total. The average Bonchev–Trinajstić information content (AvgIpc) is 3.16. The number of aromatic nitrogens is 3. The van der Waals surface area contributed by atoms with E-state index in [9.17, 15) is 9.59 Å². The van der Waals surface area contributed by atoms with Crippen LogP contribution in [0.3, 0.4) is 0 Å². The van der Waals surface area contributed by atoms with Crippen molar-refractivity contribution < 1.29 is 19.2 Å². The summed E-state index contributed by atoms with van der Waals surface area (Å²) in [5, 5.41) is 17.0. The van der Waals surface area contributed by atoms with Crippen LogP contribution in [0.25, 0.3) is 0 Å². The number of aryl methyl sites for hydroxylation is 1. The third-order valence-corrected chi connectivity index (χ3v) is 4.85. The fourth-order valence-corrected chi connectivity index (χ4v) is 3.70. The summed E-state index contributed by atoms with van der Waals surface area (Å²) >= 11 is 1.66. The van der Waals surface area contributed by atoms with E-state index in [-0.39, 0.29) is 24.1 Å². The lowest BCUT2D eigenvalue weighted by Crippen LogP contribution is -2.47. The molecule has 0 aliphatic carbocycles. The molecule has 2 aromatic heterocycles. The second-order valence-corrected chi connectivity index (χ2v) is 6.87. The van der Waals surface area contributed by atoms with Crippen LogP contribution in [0.2, 0.25) is 0 Å². The molecule has 128 valence electrons. The van der Waals surface area contributed by atoms with Gasteiger partial charge < -0.3 is 14.5 Å². The van der Waals surface area contributed by atoms with Crippen LogP contribution in [-0.2, 0) is 11.3 Å². The van der Waals surface area contributed by atoms with Crippen LogP contribution < -0.4 is 0 Å². The van der Waals surface area contributed by atoms with Crippen LogP contribution in [0.4, 0.5) is 0 Å². The summed E-state index contributed by atoms with van der Waals surface area (Å²) in [5.74, 6) is 0.750. The second-order valence-electron chi connectivity index (χ2n) is 5.72. The molecule has 1 saturated heterocycles. The third-order valence-electron chi connectivity index (χ3n) is 3.76. The second kappa shape index (κ2) is 7.08. The lowest BCUT2D eigenvalue weighted by Gasteiger charge is -2.33. The summed E-state index contributed by atoms with van der Waals surface area (Å²) in [5.41, 5.74) is 1.24. The minimum absolute atomic E-state index is 0.0595. The number of carbonyl (C=O) groups is 2. The van der Waals surface area contributed by atoms with E-state index in [1.54, 1.807) is 33.6 Å². The van der Waals surface area contributed by atoms with Crippen LogP contribution in [0, 0.1) is 6.92 Å². The van der Waals surface area contributed by atoms with Gasteiger partial charge in [-0.15, -0.1) is 0 Å². The summed E-state index contributed by atoms with van der Waals surface area (Å²) in [4.78, 5) is 25.2. The smallest absolute Gasteiger partial charge is 0.305 e. The van der Waals surface area contributed by atoms with E-state index in [0.29, 0.717) is 24.6 Å². The van der Waals surface area contributed by atoms with Crippen LogP contribution in [-0.4, -0.2) is 60.9 Å². The number of carbonyl (C=O) groups excluding carboxylic acids is 1. The van der Waals surface area contributed by atoms with Gasteiger partial charge in [0.2, 0.25) is 0 Å². The van der Waals surface area contributed by atoms with Gasteiger partial charge in [-0.05, 0) is 12.5 Å². The first kappa shape index (κ1) is 16.6. The Morgan fingerprint density at radius 3 is 3.04 bits per heavy atom. The molecule has 0 aromatic carbocycles. The first-order valence-corrected chi connectivity index (χ1v) is 8.73. The number of rotatable bonds is 5. The molecule has 0 bridgehead atoms. The van der Waals surface area contributed by atoms with Crippen molar-refractivity contribution in [2.45, 2.75) is 25.9 Å². The Kier molecular flexibility index (Phi) is 4.89. The van der Waals surface area contributed by atoms with Gasteiger partial charge in [0.15, 0.2) is 11.5 Å². The van der Waals surface area contributed by atoms with Gasteiger partial charge >= 0.3 is 5.97 Å². The number of hydrogen-bond donors (Lipinski definition) is 1. The van der Waals surface area contributed by atoms with Crippen molar-refractivity contribution >= 4 is 23.6 Å². The van der Waals surface area contributed by atoms with E-state index in [2.05, 4.69) is 10.3 Å². The molecular weight excluding hydrogens is 332 g/mol.